The summed E-state index contributed by atoms with van der Waals surface area (Å²) in [6.07, 6.45) is 6.42. The van der Waals surface area contributed by atoms with E-state index >= 15 is 0 Å². The van der Waals surface area contributed by atoms with Crippen LogP contribution in [-0.2, 0) is 6.54 Å². The van der Waals surface area contributed by atoms with Gasteiger partial charge >= 0.3 is 0 Å². The normalized spacial score (nSPS) is 23.6. The second-order valence-electron chi connectivity index (χ2n) is 8.10. The average Bonchev–Trinajstić information content (AvgIpc) is 3.31. The van der Waals surface area contributed by atoms with Gasteiger partial charge in [0.25, 0.3) is 0 Å². The van der Waals surface area contributed by atoms with Crippen molar-refractivity contribution >= 4 is 29.9 Å². The molecule has 28 heavy (non-hydrogen) atoms. The predicted molar refractivity (Wildman–Crippen MR) is 130 cm³/mol. The van der Waals surface area contributed by atoms with Gasteiger partial charge in [0.2, 0.25) is 0 Å². The predicted octanol–water partition coefficient (Wildman–Crippen LogP) is 3.31. The molecular formula is C22H38IN5. The molecule has 2 atom stereocenters. The molecule has 2 fully saturated rings. The molecule has 3 rings (SSSR count). The van der Waals surface area contributed by atoms with Gasteiger partial charge in [-0.25, -0.2) is 0 Å². The topological polar surface area (TPSA) is 42.9 Å². The summed E-state index contributed by atoms with van der Waals surface area (Å²) in [6.45, 7) is 9.30. The van der Waals surface area contributed by atoms with Crippen LogP contribution in [0.3, 0.4) is 0 Å². The first-order valence-electron chi connectivity index (χ1n) is 10.7. The van der Waals surface area contributed by atoms with Crippen LogP contribution in [0, 0.1) is 0 Å². The van der Waals surface area contributed by atoms with E-state index in [4.69, 9.17) is 0 Å². The number of likely N-dealkylation sites (tertiary alicyclic amines) is 2. The Bertz CT molecular complexity index is 574. The van der Waals surface area contributed by atoms with Crippen LogP contribution in [0.25, 0.3) is 0 Å². The Morgan fingerprint density at radius 2 is 1.89 bits per heavy atom. The van der Waals surface area contributed by atoms with Gasteiger partial charge in [-0.2, -0.15) is 0 Å². The molecule has 2 N–H and O–H groups in total. The maximum atomic E-state index is 4.43. The van der Waals surface area contributed by atoms with E-state index in [1.165, 1.54) is 57.3 Å². The second-order valence-corrected chi connectivity index (χ2v) is 8.10. The van der Waals surface area contributed by atoms with Crippen molar-refractivity contribution in [2.75, 3.05) is 39.8 Å². The van der Waals surface area contributed by atoms with E-state index < -0.39 is 0 Å². The van der Waals surface area contributed by atoms with Crippen molar-refractivity contribution in [3.05, 3.63) is 35.9 Å². The molecule has 1 aromatic rings. The molecule has 0 spiro atoms. The Morgan fingerprint density at radius 1 is 1.14 bits per heavy atom. The van der Waals surface area contributed by atoms with E-state index in [0.29, 0.717) is 12.1 Å². The van der Waals surface area contributed by atoms with Crippen LogP contribution in [0.2, 0.25) is 0 Å². The zero-order chi connectivity index (χ0) is 18.9. The summed E-state index contributed by atoms with van der Waals surface area (Å²) in [6, 6.07) is 11.8. The van der Waals surface area contributed by atoms with Crippen LogP contribution in [0.1, 0.15) is 44.6 Å². The van der Waals surface area contributed by atoms with Crippen LogP contribution in [0.4, 0.5) is 0 Å². The highest BCUT2D eigenvalue weighted by molar-refractivity contribution is 14.0. The first-order chi connectivity index (χ1) is 13.2. The standard InChI is InChI=1S/C22H37N5.HI/c1-19-16-21(18-27(19)17-20-10-4-3-5-11-20)25-22(23-2)24-12-6-7-13-26-14-8-9-15-26;/h3-5,10-11,19,21H,6-9,12-18H2,1-2H3,(H2,23,24,25);1H. The molecule has 2 unspecified atom stereocenters. The molecule has 2 aliphatic heterocycles. The Labute approximate surface area is 188 Å². The van der Waals surface area contributed by atoms with E-state index in [0.717, 1.165) is 25.6 Å². The van der Waals surface area contributed by atoms with Gasteiger partial charge in [0.1, 0.15) is 0 Å². The van der Waals surface area contributed by atoms with Crippen molar-refractivity contribution in [3.8, 4) is 0 Å². The molecule has 2 aliphatic rings. The van der Waals surface area contributed by atoms with E-state index in [2.05, 4.69) is 62.7 Å². The van der Waals surface area contributed by atoms with Crippen molar-refractivity contribution in [1.29, 1.82) is 0 Å². The van der Waals surface area contributed by atoms with Gasteiger partial charge in [-0.1, -0.05) is 30.3 Å². The van der Waals surface area contributed by atoms with Crippen LogP contribution >= 0.6 is 24.0 Å². The minimum Gasteiger partial charge on any atom is -0.356 e. The Hall–Kier alpha value is -0.860. The van der Waals surface area contributed by atoms with Crippen LogP contribution < -0.4 is 10.6 Å². The lowest BCUT2D eigenvalue weighted by Gasteiger charge is -2.21. The summed E-state index contributed by atoms with van der Waals surface area (Å²) in [4.78, 5) is 9.58. The Morgan fingerprint density at radius 3 is 2.61 bits per heavy atom. The summed E-state index contributed by atoms with van der Waals surface area (Å²) in [5.74, 6) is 0.954. The molecule has 1 aromatic carbocycles. The van der Waals surface area contributed by atoms with Gasteiger partial charge in [0.05, 0.1) is 0 Å². The van der Waals surface area contributed by atoms with Crippen LogP contribution in [-0.4, -0.2) is 67.6 Å². The molecule has 0 aliphatic carbocycles. The van der Waals surface area contributed by atoms with Crippen molar-refractivity contribution < 1.29 is 0 Å². The number of hydrogen-bond donors (Lipinski definition) is 2. The quantitative estimate of drug-likeness (QED) is 0.249. The molecule has 0 radical (unpaired) electrons. The average molecular weight is 499 g/mol. The molecular weight excluding hydrogens is 461 g/mol. The highest BCUT2D eigenvalue weighted by Gasteiger charge is 2.29. The molecule has 0 aromatic heterocycles. The first kappa shape index (κ1) is 23.4. The van der Waals surface area contributed by atoms with E-state index in [1.54, 1.807) is 0 Å². The third kappa shape index (κ3) is 7.52. The SMILES string of the molecule is CN=C(NCCCCN1CCCC1)NC1CC(C)N(Cc2ccccc2)C1.I. The zero-order valence-corrected chi connectivity index (χ0v) is 19.9. The second kappa shape index (κ2) is 12.6. The fourth-order valence-electron chi connectivity index (χ4n) is 4.30. The number of nitrogens with zero attached hydrogens (tertiary/aromatic N) is 3. The largest absolute Gasteiger partial charge is 0.356 e. The molecule has 5 nitrogen and oxygen atoms in total. The Balaban J connectivity index is 0.00000280. The smallest absolute Gasteiger partial charge is 0.191 e. The van der Waals surface area contributed by atoms with Crippen LogP contribution in [0.5, 0.6) is 0 Å². The maximum Gasteiger partial charge on any atom is 0.191 e. The minimum atomic E-state index is 0. The van der Waals surface area contributed by atoms with Gasteiger partial charge < -0.3 is 15.5 Å². The first-order valence-corrected chi connectivity index (χ1v) is 10.7. The molecule has 0 saturated carbocycles. The van der Waals surface area contributed by atoms with Gasteiger partial charge in [-0.3, -0.25) is 9.89 Å². The number of nitrogens with one attached hydrogen (secondary N) is 2. The lowest BCUT2D eigenvalue weighted by atomic mass is 10.2. The number of rotatable bonds is 8. The number of unbranched alkanes of at least 4 members (excludes halogenated alkanes) is 1. The number of benzene rings is 1. The third-order valence-electron chi connectivity index (χ3n) is 5.89. The maximum absolute atomic E-state index is 4.43. The minimum absolute atomic E-state index is 0. The summed E-state index contributed by atoms with van der Waals surface area (Å²) in [5.41, 5.74) is 1.39. The fraction of sp³-hybridized carbons (Fsp3) is 0.682. The fourth-order valence-corrected chi connectivity index (χ4v) is 4.30. The summed E-state index contributed by atoms with van der Waals surface area (Å²) >= 11 is 0. The van der Waals surface area contributed by atoms with Crippen molar-refractivity contribution in [2.45, 2.75) is 57.7 Å². The van der Waals surface area contributed by atoms with E-state index in [9.17, 15) is 0 Å². The van der Waals surface area contributed by atoms with Crippen molar-refractivity contribution in [1.82, 2.24) is 20.4 Å². The summed E-state index contributed by atoms with van der Waals surface area (Å²) < 4.78 is 0. The third-order valence-corrected chi connectivity index (χ3v) is 5.89. The monoisotopic (exact) mass is 499 g/mol. The van der Waals surface area contributed by atoms with Gasteiger partial charge in [-0.15, -0.1) is 24.0 Å². The lowest BCUT2D eigenvalue weighted by Crippen LogP contribution is -2.44. The summed E-state index contributed by atoms with van der Waals surface area (Å²) in [5, 5.41) is 7.13. The van der Waals surface area contributed by atoms with Gasteiger partial charge in [-0.05, 0) is 64.2 Å². The van der Waals surface area contributed by atoms with E-state index in [1.807, 2.05) is 7.05 Å². The van der Waals surface area contributed by atoms with E-state index in [-0.39, 0.29) is 24.0 Å². The Kier molecular flexibility index (Phi) is 10.6. The highest BCUT2D eigenvalue weighted by atomic mass is 127. The van der Waals surface area contributed by atoms with Crippen LogP contribution in [0.15, 0.2) is 35.3 Å². The molecule has 2 saturated heterocycles. The lowest BCUT2D eigenvalue weighted by molar-refractivity contribution is 0.258. The van der Waals surface area contributed by atoms with Gasteiger partial charge in [0, 0.05) is 38.8 Å². The summed E-state index contributed by atoms with van der Waals surface area (Å²) in [7, 11) is 1.87. The van der Waals surface area contributed by atoms with Crippen molar-refractivity contribution in [3.63, 3.8) is 0 Å². The molecule has 6 heteroatoms. The molecule has 2 heterocycles. The zero-order valence-electron chi connectivity index (χ0n) is 17.6. The molecule has 0 bridgehead atoms. The number of hydrogen-bond acceptors (Lipinski definition) is 3. The number of halogens is 1. The number of guanidine groups is 1. The van der Waals surface area contributed by atoms with Gasteiger partial charge in [0.15, 0.2) is 5.96 Å². The highest BCUT2D eigenvalue weighted by Crippen LogP contribution is 2.20. The number of aliphatic imine (C=N–C) groups is 1. The van der Waals surface area contributed by atoms with Crippen molar-refractivity contribution in [2.24, 2.45) is 4.99 Å². The molecule has 0 amide bonds. The molecule has 158 valence electrons.